The van der Waals surface area contributed by atoms with Crippen LogP contribution in [0.4, 0.5) is 4.39 Å². The predicted octanol–water partition coefficient (Wildman–Crippen LogP) is 2.71. The quantitative estimate of drug-likeness (QED) is 0.884. The molecule has 1 aliphatic heterocycles. The number of nitrogens with one attached hydrogen (secondary N) is 1. The molecule has 1 unspecified atom stereocenters. The van der Waals surface area contributed by atoms with E-state index in [0.29, 0.717) is 6.04 Å². The van der Waals surface area contributed by atoms with Crippen LogP contribution in [0.1, 0.15) is 30.4 Å². The van der Waals surface area contributed by atoms with Gasteiger partial charge >= 0.3 is 0 Å². The predicted molar refractivity (Wildman–Crippen MR) is 73.1 cm³/mol. The Kier molecular flexibility index (Phi) is 4.72. The lowest BCUT2D eigenvalue weighted by atomic mass is 10.0. The van der Waals surface area contributed by atoms with Gasteiger partial charge in [-0.15, -0.1) is 0 Å². The third-order valence-corrected chi connectivity index (χ3v) is 3.70. The first-order chi connectivity index (χ1) is 8.65. The van der Waals surface area contributed by atoms with Crippen molar-refractivity contribution in [3.63, 3.8) is 0 Å². The molecule has 2 rings (SSSR count). The third kappa shape index (κ3) is 3.79. The summed E-state index contributed by atoms with van der Waals surface area (Å²) in [5.74, 6) is -0.139. The summed E-state index contributed by atoms with van der Waals surface area (Å²) in [6.07, 6.45) is 3.88. The van der Waals surface area contributed by atoms with Crippen molar-refractivity contribution in [1.82, 2.24) is 10.2 Å². The fraction of sp³-hybridized carbons (Fsp3) is 0.600. The Labute approximate surface area is 109 Å². The van der Waals surface area contributed by atoms with Crippen molar-refractivity contribution in [2.24, 2.45) is 0 Å². The molecule has 2 nitrogen and oxygen atoms in total. The molecule has 1 fully saturated rings. The first-order valence-corrected chi connectivity index (χ1v) is 6.82. The molecule has 0 aromatic heterocycles. The van der Waals surface area contributed by atoms with Crippen LogP contribution in [0.25, 0.3) is 0 Å². The SMILES string of the molecule is Cc1ccc(F)cc1CN(C)CC1CCCCN1. The topological polar surface area (TPSA) is 15.3 Å². The van der Waals surface area contributed by atoms with E-state index >= 15 is 0 Å². The fourth-order valence-electron chi connectivity index (χ4n) is 2.62. The first kappa shape index (κ1) is 13.5. The summed E-state index contributed by atoms with van der Waals surface area (Å²) in [4.78, 5) is 2.28. The maximum absolute atomic E-state index is 13.2. The minimum Gasteiger partial charge on any atom is -0.313 e. The van der Waals surface area contributed by atoms with E-state index in [-0.39, 0.29) is 5.82 Å². The zero-order valence-corrected chi connectivity index (χ0v) is 11.4. The van der Waals surface area contributed by atoms with Crippen LogP contribution in [-0.2, 0) is 6.54 Å². The Hall–Kier alpha value is -0.930. The van der Waals surface area contributed by atoms with Gasteiger partial charge in [0.25, 0.3) is 0 Å². The fourth-order valence-corrected chi connectivity index (χ4v) is 2.62. The molecule has 1 aromatic carbocycles. The maximum atomic E-state index is 13.2. The molecule has 1 aromatic rings. The average molecular weight is 250 g/mol. The molecule has 0 aliphatic carbocycles. The summed E-state index contributed by atoms with van der Waals surface area (Å²) >= 11 is 0. The minimum absolute atomic E-state index is 0.139. The maximum Gasteiger partial charge on any atom is 0.123 e. The summed E-state index contributed by atoms with van der Waals surface area (Å²) in [7, 11) is 2.11. The second-order valence-electron chi connectivity index (χ2n) is 5.41. The van der Waals surface area contributed by atoms with E-state index in [1.807, 2.05) is 13.0 Å². The van der Waals surface area contributed by atoms with Crippen molar-refractivity contribution in [3.8, 4) is 0 Å². The van der Waals surface area contributed by atoms with E-state index in [0.717, 1.165) is 25.2 Å². The van der Waals surface area contributed by atoms with Crippen LogP contribution in [-0.4, -0.2) is 31.1 Å². The Morgan fingerprint density at radius 2 is 2.22 bits per heavy atom. The largest absolute Gasteiger partial charge is 0.313 e. The molecule has 1 saturated heterocycles. The summed E-state index contributed by atoms with van der Waals surface area (Å²) in [6.45, 7) is 5.04. The molecular weight excluding hydrogens is 227 g/mol. The van der Waals surface area contributed by atoms with E-state index in [4.69, 9.17) is 0 Å². The molecule has 0 spiro atoms. The zero-order chi connectivity index (χ0) is 13.0. The lowest BCUT2D eigenvalue weighted by Gasteiger charge is -2.28. The summed E-state index contributed by atoms with van der Waals surface area (Å²) < 4.78 is 13.2. The highest BCUT2D eigenvalue weighted by Gasteiger charge is 2.15. The summed E-state index contributed by atoms with van der Waals surface area (Å²) in [6, 6.07) is 5.64. The first-order valence-electron chi connectivity index (χ1n) is 6.82. The van der Waals surface area contributed by atoms with E-state index in [1.165, 1.54) is 30.9 Å². The van der Waals surface area contributed by atoms with Crippen molar-refractivity contribution in [2.45, 2.75) is 38.8 Å². The molecule has 0 amide bonds. The number of hydrogen-bond donors (Lipinski definition) is 1. The molecular formula is C15H23FN2. The van der Waals surface area contributed by atoms with Gasteiger partial charge in [0.1, 0.15) is 5.82 Å². The number of rotatable bonds is 4. The van der Waals surface area contributed by atoms with Gasteiger partial charge in [0, 0.05) is 19.1 Å². The van der Waals surface area contributed by atoms with Crippen LogP contribution in [0, 0.1) is 12.7 Å². The van der Waals surface area contributed by atoms with Gasteiger partial charge in [-0.1, -0.05) is 12.5 Å². The van der Waals surface area contributed by atoms with Crippen molar-refractivity contribution >= 4 is 0 Å². The number of aryl methyl sites for hydroxylation is 1. The second kappa shape index (κ2) is 6.30. The second-order valence-corrected chi connectivity index (χ2v) is 5.41. The van der Waals surface area contributed by atoms with Gasteiger partial charge < -0.3 is 10.2 Å². The van der Waals surface area contributed by atoms with E-state index in [1.54, 1.807) is 6.07 Å². The van der Waals surface area contributed by atoms with Crippen LogP contribution in [0.5, 0.6) is 0 Å². The molecule has 0 saturated carbocycles. The Bertz CT molecular complexity index is 386. The van der Waals surface area contributed by atoms with E-state index in [9.17, 15) is 4.39 Å². The number of halogens is 1. The van der Waals surface area contributed by atoms with Crippen molar-refractivity contribution in [3.05, 3.63) is 35.1 Å². The lowest BCUT2D eigenvalue weighted by Crippen LogP contribution is -2.42. The van der Waals surface area contributed by atoms with Gasteiger partial charge in [-0.2, -0.15) is 0 Å². The van der Waals surface area contributed by atoms with Crippen LogP contribution in [0.3, 0.4) is 0 Å². The summed E-state index contributed by atoms with van der Waals surface area (Å²) in [5.41, 5.74) is 2.26. The zero-order valence-electron chi connectivity index (χ0n) is 11.4. The van der Waals surface area contributed by atoms with Crippen LogP contribution in [0.2, 0.25) is 0 Å². The Morgan fingerprint density at radius 1 is 1.39 bits per heavy atom. The van der Waals surface area contributed by atoms with Crippen LogP contribution >= 0.6 is 0 Å². The number of likely N-dealkylation sites (N-methyl/N-ethyl adjacent to an activating group) is 1. The van der Waals surface area contributed by atoms with Crippen LogP contribution in [0.15, 0.2) is 18.2 Å². The normalized spacial score (nSPS) is 20.3. The van der Waals surface area contributed by atoms with Crippen molar-refractivity contribution in [1.29, 1.82) is 0 Å². The molecule has 1 heterocycles. The Balaban J connectivity index is 1.89. The van der Waals surface area contributed by atoms with Crippen molar-refractivity contribution < 1.29 is 4.39 Å². The smallest absolute Gasteiger partial charge is 0.123 e. The van der Waals surface area contributed by atoms with E-state index in [2.05, 4.69) is 17.3 Å². The monoisotopic (exact) mass is 250 g/mol. The highest BCUT2D eigenvalue weighted by Crippen LogP contribution is 2.14. The van der Waals surface area contributed by atoms with Crippen LogP contribution < -0.4 is 5.32 Å². The number of hydrogen-bond acceptors (Lipinski definition) is 2. The number of benzene rings is 1. The number of nitrogens with zero attached hydrogens (tertiary/aromatic N) is 1. The minimum atomic E-state index is -0.139. The number of piperidine rings is 1. The average Bonchev–Trinajstić information content (AvgIpc) is 2.35. The highest BCUT2D eigenvalue weighted by atomic mass is 19.1. The standard InChI is InChI=1S/C15H23FN2/c1-12-6-7-14(16)9-13(12)10-18(2)11-15-5-3-4-8-17-15/h6-7,9,15,17H,3-5,8,10-11H2,1-2H3. The van der Waals surface area contributed by atoms with Gasteiger partial charge in [0.2, 0.25) is 0 Å². The molecule has 3 heteroatoms. The van der Waals surface area contributed by atoms with Gasteiger partial charge in [0.05, 0.1) is 0 Å². The van der Waals surface area contributed by atoms with Gasteiger partial charge in [-0.05, 0) is 56.6 Å². The molecule has 0 bridgehead atoms. The molecule has 100 valence electrons. The third-order valence-electron chi connectivity index (χ3n) is 3.70. The highest BCUT2D eigenvalue weighted by molar-refractivity contribution is 5.26. The Morgan fingerprint density at radius 3 is 2.94 bits per heavy atom. The van der Waals surface area contributed by atoms with E-state index < -0.39 is 0 Å². The molecule has 1 atom stereocenters. The molecule has 1 aliphatic rings. The lowest BCUT2D eigenvalue weighted by molar-refractivity contribution is 0.256. The molecule has 1 N–H and O–H groups in total. The van der Waals surface area contributed by atoms with Crippen molar-refractivity contribution in [2.75, 3.05) is 20.1 Å². The van der Waals surface area contributed by atoms with Gasteiger partial charge in [-0.25, -0.2) is 4.39 Å². The summed E-state index contributed by atoms with van der Waals surface area (Å²) in [5, 5.41) is 3.55. The molecule has 18 heavy (non-hydrogen) atoms. The van der Waals surface area contributed by atoms with Gasteiger partial charge in [0.15, 0.2) is 0 Å². The molecule has 0 radical (unpaired) electrons. The van der Waals surface area contributed by atoms with Gasteiger partial charge in [-0.3, -0.25) is 0 Å².